The molecule has 0 bridgehead atoms. The van der Waals surface area contributed by atoms with Gasteiger partial charge in [-0.3, -0.25) is 10.1 Å². The number of hydrogen-bond acceptors (Lipinski definition) is 7. The zero-order valence-corrected chi connectivity index (χ0v) is 14.4. The topological polar surface area (TPSA) is 95.7 Å². The number of benzene rings is 2. The molecule has 0 radical (unpaired) electrons. The Morgan fingerprint density at radius 1 is 1.07 bits per heavy atom. The lowest BCUT2D eigenvalue weighted by Crippen LogP contribution is -2.15. The molecule has 138 valence electrons. The number of anilines is 1. The molecule has 0 fully saturated rings. The number of para-hydroxylation sites is 1. The Morgan fingerprint density at radius 3 is 2.81 bits per heavy atom. The van der Waals surface area contributed by atoms with Crippen molar-refractivity contribution in [1.82, 2.24) is 10.2 Å². The number of ether oxygens (including phenoxy) is 3. The number of nitrogens with one attached hydrogen (secondary N) is 1. The SMILES string of the molecule is O=C(CCOc1ccccc1)Nc1nnc(Cc2ccc3c(c2)OCO3)o1. The van der Waals surface area contributed by atoms with Crippen LogP contribution in [0.3, 0.4) is 0 Å². The highest BCUT2D eigenvalue weighted by molar-refractivity contribution is 5.88. The second-order valence-corrected chi connectivity index (χ2v) is 5.83. The summed E-state index contributed by atoms with van der Waals surface area (Å²) in [6.07, 6.45) is 0.603. The first-order chi connectivity index (χ1) is 13.3. The Labute approximate surface area is 155 Å². The predicted octanol–water partition coefficient (Wildman–Crippen LogP) is 2.80. The van der Waals surface area contributed by atoms with E-state index in [9.17, 15) is 4.79 Å². The zero-order valence-electron chi connectivity index (χ0n) is 14.4. The van der Waals surface area contributed by atoms with Crippen LogP contribution < -0.4 is 19.5 Å². The van der Waals surface area contributed by atoms with E-state index in [1.165, 1.54) is 0 Å². The molecule has 2 heterocycles. The van der Waals surface area contributed by atoms with E-state index in [2.05, 4.69) is 15.5 Å². The fourth-order valence-electron chi connectivity index (χ4n) is 2.56. The molecular weight excluding hydrogens is 350 g/mol. The summed E-state index contributed by atoms with van der Waals surface area (Å²) in [7, 11) is 0. The van der Waals surface area contributed by atoms with E-state index in [0.29, 0.717) is 23.8 Å². The van der Waals surface area contributed by atoms with Gasteiger partial charge in [-0.05, 0) is 29.8 Å². The minimum Gasteiger partial charge on any atom is -0.493 e. The molecule has 1 N–H and O–H groups in total. The molecule has 1 amide bonds. The summed E-state index contributed by atoms with van der Waals surface area (Å²) in [6, 6.07) is 15.0. The van der Waals surface area contributed by atoms with Crippen molar-refractivity contribution in [1.29, 1.82) is 0 Å². The van der Waals surface area contributed by atoms with Gasteiger partial charge in [-0.15, -0.1) is 5.10 Å². The zero-order chi connectivity index (χ0) is 18.5. The van der Waals surface area contributed by atoms with Gasteiger partial charge < -0.3 is 18.6 Å². The van der Waals surface area contributed by atoms with Crippen molar-refractivity contribution in [3.63, 3.8) is 0 Å². The fraction of sp³-hybridized carbons (Fsp3) is 0.211. The van der Waals surface area contributed by atoms with E-state index in [4.69, 9.17) is 18.6 Å². The van der Waals surface area contributed by atoms with E-state index in [1.54, 1.807) is 0 Å². The van der Waals surface area contributed by atoms with Gasteiger partial charge in [0.2, 0.25) is 18.6 Å². The number of carbonyl (C=O) groups excluding carboxylic acids is 1. The van der Waals surface area contributed by atoms with Crippen molar-refractivity contribution < 1.29 is 23.4 Å². The molecule has 8 heteroatoms. The maximum atomic E-state index is 11.9. The molecule has 1 aliphatic heterocycles. The van der Waals surface area contributed by atoms with E-state index >= 15 is 0 Å². The van der Waals surface area contributed by atoms with Crippen molar-refractivity contribution >= 4 is 11.9 Å². The fourth-order valence-corrected chi connectivity index (χ4v) is 2.56. The lowest BCUT2D eigenvalue weighted by molar-refractivity contribution is -0.116. The molecule has 0 unspecified atom stereocenters. The van der Waals surface area contributed by atoms with Gasteiger partial charge in [-0.2, -0.15) is 0 Å². The van der Waals surface area contributed by atoms with Crippen LogP contribution in [0.25, 0.3) is 0 Å². The maximum Gasteiger partial charge on any atom is 0.322 e. The standard InChI is InChI=1S/C19H17N3O5/c23-17(8-9-24-14-4-2-1-3-5-14)20-19-22-21-18(27-19)11-13-6-7-15-16(10-13)26-12-25-15/h1-7,10H,8-9,11-12H2,(H,20,22,23). The second-order valence-electron chi connectivity index (χ2n) is 5.83. The van der Waals surface area contributed by atoms with Crippen LogP contribution in [0, 0.1) is 0 Å². The summed E-state index contributed by atoms with van der Waals surface area (Å²) in [6.45, 7) is 0.484. The Hall–Kier alpha value is -3.55. The highest BCUT2D eigenvalue weighted by Gasteiger charge is 2.15. The molecule has 2 aromatic carbocycles. The molecule has 3 aromatic rings. The first kappa shape index (κ1) is 16.9. The third-order valence-corrected chi connectivity index (χ3v) is 3.85. The molecule has 0 spiro atoms. The summed E-state index contributed by atoms with van der Waals surface area (Å²) >= 11 is 0. The van der Waals surface area contributed by atoms with Gasteiger partial charge in [0.1, 0.15) is 5.75 Å². The first-order valence-corrected chi connectivity index (χ1v) is 8.45. The molecule has 0 atom stereocenters. The van der Waals surface area contributed by atoms with E-state index in [0.717, 1.165) is 11.3 Å². The molecule has 1 aromatic heterocycles. The predicted molar refractivity (Wildman–Crippen MR) is 94.9 cm³/mol. The molecule has 0 saturated heterocycles. The van der Waals surface area contributed by atoms with Crippen LogP contribution in [0.1, 0.15) is 17.9 Å². The maximum absolute atomic E-state index is 11.9. The normalized spacial score (nSPS) is 12.0. The minimum absolute atomic E-state index is 0.0652. The smallest absolute Gasteiger partial charge is 0.322 e. The van der Waals surface area contributed by atoms with Gasteiger partial charge >= 0.3 is 6.01 Å². The van der Waals surface area contributed by atoms with Crippen molar-refractivity contribution in [3.05, 3.63) is 60.0 Å². The number of carbonyl (C=O) groups is 1. The number of nitrogens with zero attached hydrogens (tertiary/aromatic N) is 2. The summed E-state index contributed by atoms with van der Waals surface area (Å²) < 4.78 is 21.6. The van der Waals surface area contributed by atoms with Crippen molar-refractivity contribution in [2.24, 2.45) is 0 Å². The average molecular weight is 367 g/mol. The summed E-state index contributed by atoms with van der Waals surface area (Å²) in [4.78, 5) is 11.9. The van der Waals surface area contributed by atoms with Gasteiger partial charge in [0, 0.05) is 0 Å². The second kappa shape index (κ2) is 7.77. The quantitative estimate of drug-likeness (QED) is 0.686. The van der Waals surface area contributed by atoms with Crippen molar-refractivity contribution in [2.75, 3.05) is 18.7 Å². The Morgan fingerprint density at radius 2 is 1.93 bits per heavy atom. The van der Waals surface area contributed by atoms with Crippen molar-refractivity contribution in [2.45, 2.75) is 12.8 Å². The minimum atomic E-state index is -0.260. The van der Waals surface area contributed by atoms with Crippen LogP contribution in [0.15, 0.2) is 52.9 Å². The summed E-state index contributed by atoms with van der Waals surface area (Å²) in [5.74, 6) is 2.26. The van der Waals surface area contributed by atoms with Gasteiger partial charge in [0.15, 0.2) is 11.5 Å². The van der Waals surface area contributed by atoms with E-state index < -0.39 is 0 Å². The molecule has 1 aliphatic rings. The number of fused-ring (bicyclic) bond motifs is 1. The number of hydrogen-bond donors (Lipinski definition) is 1. The van der Waals surface area contributed by atoms with Crippen LogP contribution in [0.5, 0.6) is 17.2 Å². The largest absolute Gasteiger partial charge is 0.493 e. The first-order valence-electron chi connectivity index (χ1n) is 8.45. The number of amides is 1. The van der Waals surface area contributed by atoms with Crippen LogP contribution in [-0.4, -0.2) is 29.5 Å². The third kappa shape index (κ3) is 4.35. The van der Waals surface area contributed by atoms with Crippen LogP contribution in [0.2, 0.25) is 0 Å². The van der Waals surface area contributed by atoms with Gasteiger partial charge in [-0.1, -0.05) is 29.4 Å². The van der Waals surface area contributed by atoms with Gasteiger partial charge in [-0.25, -0.2) is 0 Å². The van der Waals surface area contributed by atoms with Crippen LogP contribution in [0.4, 0.5) is 6.01 Å². The monoisotopic (exact) mass is 367 g/mol. The van der Waals surface area contributed by atoms with E-state index in [-0.39, 0.29) is 31.7 Å². The van der Waals surface area contributed by atoms with Gasteiger partial charge in [0.25, 0.3) is 0 Å². The molecule has 27 heavy (non-hydrogen) atoms. The lowest BCUT2D eigenvalue weighted by Gasteiger charge is -2.05. The third-order valence-electron chi connectivity index (χ3n) is 3.85. The lowest BCUT2D eigenvalue weighted by atomic mass is 10.1. The number of rotatable bonds is 7. The Balaban J connectivity index is 1.27. The molecule has 8 nitrogen and oxygen atoms in total. The Bertz CT molecular complexity index is 926. The summed E-state index contributed by atoms with van der Waals surface area (Å²) in [5.41, 5.74) is 0.942. The van der Waals surface area contributed by atoms with Crippen LogP contribution >= 0.6 is 0 Å². The Kier molecular flexibility index (Phi) is 4.86. The highest BCUT2D eigenvalue weighted by atomic mass is 16.7. The average Bonchev–Trinajstić information content (AvgIpc) is 3.31. The molecule has 0 saturated carbocycles. The molecule has 0 aliphatic carbocycles. The number of aromatic nitrogens is 2. The van der Waals surface area contributed by atoms with Gasteiger partial charge in [0.05, 0.1) is 19.4 Å². The van der Waals surface area contributed by atoms with Crippen molar-refractivity contribution in [3.8, 4) is 17.2 Å². The summed E-state index contributed by atoms with van der Waals surface area (Å²) in [5, 5.41) is 10.4. The highest BCUT2D eigenvalue weighted by Crippen LogP contribution is 2.33. The van der Waals surface area contributed by atoms with Crippen LogP contribution in [-0.2, 0) is 11.2 Å². The molecule has 4 rings (SSSR count). The molecular formula is C19H17N3O5. The van der Waals surface area contributed by atoms with E-state index in [1.807, 2.05) is 48.5 Å².